The monoisotopic (exact) mass is 424 g/mol. The Morgan fingerprint density at radius 3 is 2.36 bits per heavy atom. The van der Waals surface area contributed by atoms with Crippen LogP contribution in [0.5, 0.6) is 0 Å². The maximum Gasteiger partial charge on any atom is 0.252 e. The molecule has 5 nitrogen and oxygen atoms in total. The lowest BCUT2D eigenvalue weighted by Crippen LogP contribution is -2.30. The maximum atomic E-state index is 12.5. The van der Waals surface area contributed by atoms with E-state index >= 15 is 0 Å². The predicted molar refractivity (Wildman–Crippen MR) is 102 cm³/mol. The Morgan fingerprint density at radius 2 is 1.80 bits per heavy atom. The van der Waals surface area contributed by atoms with Crippen molar-refractivity contribution in [2.75, 3.05) is 6.54 Å². The molecule has 134 valence electrons. The first-order valence-electron chi connectivity index (χ1n) is 7.85. The van der Waals surface area contributed by atoms with Gasteiger partial charge in [0.05, 0.1) is 10.5 Å². The van der Waals surface area contributed by atoms with Gasteiger partial charge in [0.2, 0.25) is 10.0 Å². The Morgan fingerprint density at radius 1 is 1.16 bits per heavy atom. The number of rotatable bonds is 6. The van der Waals surface area contributed by atoms with Crippen LogP contribution in [0, 0.1) is 5.92 Å². The van der Waals surface area contributed by atoms with Crippen LogP contribution in [0.25, 0.3) is 0 Å². The van der Waals surface area contributed by atoms with Gasteiger partial charge in [0, 0.05) is 16.9 Å². The lowest BCUT2D eigenvalue weighted by Gasteiger charge is -2.22. The number of primary sulfonamides is 1. The fourth-order valence-electron chi connectivity index (χ4n) is 2.59. The molecule has 0 aliphatic carbocycles. The van der Waals surface area contributed by atoms with E-state index in [2.05, 4.69) is 35.1 Å². The van der Waals surface area contributed by atoms with Gasteiger partial charge in [-0.15, -0.1) is 0 Å². The summed E-state index contributed by atoms with van der Waals surface area (Å²) in [5.41, 5.74) is 1.39. The highest BCUT2D eigenvalue weighted by Crippen LogP contribution is 2.24. The molecule has 0 spiro atoms. The summed E-state index contributed by atoms with van der Waals surface area (Å²) in [6.07, 6.45) is 0. The third kappa shape index (κ3) is 5.14. The van der Waals surface area contributed by atoms with Gasteiger partial charge >= 0.3 is 0 Å². The van der Waals surface area contributed by atoms with E-state index in [9.17, 15) is 13.2 Å². The van der Waals surface area contributed by atoms with E-state index in [-0.39, 0.29) is 22.3 Å². The van der Waals surface area contributed by atoms with Gasteiger partial charge in [-0.1, -0.05) is 44.2 Å². The van der Waals surface area contributed by atoms with E-state index in [1.54, 1.807) is 0 Å². The highest BCUT2D eigenvalue weighted by molar-refractivity contribution is 9.10. The van der Waals surface area contributed by atoms with Gasteiger partial charge in [0.25, 0.3) is 5.91 Å². The normalized spacial score (nSPS) is 12.8. The number of carbonyl (C=O) groups is 1. The Bertz CT molecular complexity index is 852. The van der Waals surface area contributed by atoms with Gasteiger partial charge in [-0.3, -0.25) is 4.79 Å². The van der Waals surface area contributed by atoms with Crippen LogP contribution in [0.2, 0.25) is 0 Å². The number of sulfonamides is 1. The van der Waals surface area contributed by atoms with Crippen LogP contribution in [-0.4, -0.2) is 20.9 Å². The van der Waals surface area contributed by atoms with E-state index < -0.39 is 10.0 Å². The number of carbonyl (C=O) groups excluding carboxylic acids is 1. The molecular formula is C18H21BrN2O3S. The lowest BCUT2D eigenvalue weighted by molar-refractivity contribution is 0.0948. The number of nitrogens with one attached hydrogen (secondary N) is 1. The molecule has 0 saturated heterocycles. The Labute approximate surface area is 156 Å². The van der Waals surface area contributed by atoms with E-state index in [4.69, 9.17) is 5.14 Å². The second kappa shape index (κ2) is 8.12. The van der Waals surface area contributed by atoms with Crippen molar-refractivity contribution in [3.05, 3.63) is 64.1 Å². The van der Waals surface area contributed by atoms with Gasteiger partial charge in [-0.25, -0.2) is 13.6 Å². The molecular weight excluding hydrogens is 404 g/mol. The maximum absolute atomic E-state index is 12.5. The van der Waals surface area contributed by atoms with E-state index in [0.717, 1.165) is 5.56 Å². The minimum absolute atomic E-state index is 0.0932. The predicted octanol–water partition coefficient (Wildman–Crippen LogP) is 3.27. The van der Waals surface area contributed by atoms with Crippen molar-refractivity contribution in [1.29, 1.82) is 0 Å². The first-order valence-corrected chi connectivity index (χ1v) is 10.2. The zero-order chi connectivity index (χ0) is 18.6. The SMILES string of the molecule is CC(C)C(CNC(=O)c1cc(S(N)(=O)=O)ccc1Br)c1ccccc1. The van der Waals surface area contributed by atoms with Crippen molar-refractivity contribution in [1.82, 2.24) is 5.32 Å². The van der Waals surface area contributed by atoms with Crippen LogP contribution in [0.1, 0.15) is 35.7 Å². The number of nitrogens with two attached hydrogens (primary N) is 1. The summed E-state index contributed by atoms with van der Waals surface area (Å²) in [4.78, 5) is 12.4. The number of hydrogen-bond acceptors (Lipinski definition) is 3. The van der Waals surface area contributed by atoms with Crippen molar-refractivity contribution in [3.63, 3.8) is 0 Å². The fraction of sp³-hybridized carbons (Fsp3) is 0.278. The molecule has 7 heteroatoms. The first-order chi connectivity index (χ1) is 11.7. The molecule has 0 bridgehead atoms. The van der Waals surface area contributed by atoms with Crippen LogP contribution < -0.4 is 10.5 Å². The summed E-state index contributed by atoms with van der Waals surface area (Å²) in [5.74, 6) is 0.145. The van der Waals surface area contributed by atoms with Crippen molar-refractivity contribution in [3.8, 4) is 0 Å². The summed E-state index contributed by atoms with van der Waals surface area (Å²) in [6, 6.07) is 14.1. The smallest absolute Gasteiger partial charge is 0.252 e. The van der Waals surface area contributed by atoms with Crippen LogP contribution in [0.3, 0.4) is 0 Å². The molecule has 25 heavy (non-hydrogen) atoms. The van der Waals surface area contributed by atoms with Crippen molar-refractivity contribution in [2.24, 2.45) is 11.1 Å². The van der Waals surface area contributed by atoms with Gasteiger partial charge in [-0.2, -0.15) is 0 Å². The largest absolute Gasteiger partial charge is 0.351 e. The Kier molecular flexibility index (Phi) is 6.37. The standard InChI is InChI=1S/C18H21BrN2O3S/c1-12(2)16(13-6-4-3-5-7-13)11-21-18(22)15-10-14(25(20,23)24)8-9-17(15)19/h3-10,12,16H,11H2,1-2H3,(H,21,22)(H2,20,23,24). The summed E-state index contributed by atoms with van der Waals surface area (Å²) in [6.45, 7) is 4.65. The minimum atomic E-state index is -3.86. The van der Waals surface area contributed by atoms with Crippen LogP contribution in [0.15, 0.2) is 57.9 Å². The number of halogens is 1. The highest BCUT2D eigenvalue weighted by Gasteiger charge is 2.19. The van der Waals surface area contributed by atoms with Crippen molar-refractivity contribution >= 4 is 31.9 Å². The molecule has 0 aliphatic heterocycles. The van der Waals surface area contributed by atoms with E-state index in [1.165, 1.54) is 18.2 Å². The zero-order valence-electron chi connectivity index (χ0n) is 14.1. The number of benzene rings is 2. The molecule has 2 rings (SSSR count). The minimum Gasteiger partial charge on any atom is -0.351 e. The lowest BCUT2D eigenvalue weighted by atomic mass is 9.88. The van der Waals surface area contributed by atoms with Crippen molar-refractivity contribution < 1.29 is 13.2 Å². The van der Waals surface area contributed by atoms with Crippen molar-refractivity contribution in [2.45, 2.75) is 24.7 Å². The molecule has 0 aliphatic rings. The zero-order valence-corrected chi connectivity index (χ0v) is 16.5. The molecule has 1 amide bonds. The quantitative estimate of drug-likeness (QED) is 0.745. The van der Waals surface area contributed by atoms with E-state index in [0.29, 0.717) is 16.9 Å². The van der Waals surface area contributed by atoms with Crippen LogP contribution in [0.4, 0.5) is 0 Å². The molecule has 0 saturated carbocycles. The molecule has 0 aromatic heterocycles. The van der Waals surface area contributed by atoms with Gasteiger partial charge in [-0.05, 0) is 45.6 Å². The summed E-state index contributed by atoms with van der Waals surface area (Å²) in [7, 11) is -3.86. The summed E-state index contributed by atoms with van der Waals surface area (Å²) in [5, 5.41) is 8.03. The molecule has 2 aromatic carbocycles. The molecule has 0 fully saturated rings. The van der Waals surface area contributed by atoms with E-state index in [1.807, 2.05) is 30.3 Å². The molecule has 2 aromatic rings. The fourth-order valence-corrected chi connectivity index (χ4v) is 3.56. The Balaban J connectivity index is 2.19. The molecule has 1 atom stereocenters. The van der Waals surface area contributed by atoms with Crippen LogP contribution >= 0.6 is 15.9 Å². The Hall–Kier alpha value is -1.70. The third-order valence-electron chi connectivity index (χ3n) is 4.03. The topological polar surface area (TPSA) is 89.3 Å². The second-order valence-electron chi connectivity index (χ2n) is 6.16. The average Bonchev–Trinajstić information content (AvgIpc) is 2.54. The molecule has 3 N–H and O–H groups in total. The summed E-state index contributed by atoms with van der Waals surface area (Å²) >= 11 is 3.28. The van der Waals surface area contributed by atoms with Gasteiger partial charge in [0.15, 0.2) is 0 Å². The first kappa shape index (κ1) is 19.6. The molecule has 0 heterocycles. The second-order valence-corrected chi connectivity index (χ2v) is 8.57. The molecule has 0 radical (unpaired) electrons. The van der Waals surface area contributed by atoms with Gasteiger partial charge < -0.3 is 5.32 Å². The third-order valence-corrected chi connectivity index (χ3v) is 5.63. The number of amides is 1. The number of hydrogen-bond donors (Lipinski definition) is 2. The van der Waals surface area contributed by atoms with Gasteiger partial charge in [0.1, 0.15) is 0 Å². The summed E-state index contributed by atoms with van der Waals surface area (Å²) < 4.78 is 23.5. The average molecular weight is 425 g/mol. The highest BCUT2D eigenvalue weighted by atomic mass is 79.9. The van der Waals surface area contributed by atoms with Crippen LogP contribution in [-0.2, 0) is 10.0 Å². The molecule has 1 unspecified atom stereocenters.